The lowest BCUT2D eigenvalue weighted by Crippen LogP contribution is -2.51. The molecule has 1 saturated carbocycles. The molecule has 2 heterocycles. The van der Waals surface area contributed by atoms with Gasteiger partial charge in [-0.2, -0.15) is 0 Å². The summed E-state index contributed by atoms with van der Waals surface area (Å²) in [7, 11) is 0. The molecule has 0 amide bonds. The minimum absolute atomic E-state index is 0.637. The van der Waals surface area contributed by atoms with Gasteiger partial charge in [0.2, 0.25) is 0 Å². The second kappa shape index (κ2) is 5.16. The van der Waals surface area contributed by atoms with Crippen LogP contribution >= 0.6 is 0 Å². The zero-order valence-electron chi connectivity index (χ0n) is 10.3. The van der Waals surface area contributed by atoms with Crippen LogP contribution in [0.2, 0.25) is 0 Å². The Bertz CT molecular complexity index is 153. The summed E-state index contributed by atoms with van der Waals surface area (Å²) >= 11 is 0. The topological polar surface area (TPSA) is 9.23 Å². The molecule has 2 bridgehead atoms. The van der Waals surface area contributed by atoms with E-state index in [-0.39, 0.29) is 0 Å². The molecule has 3 fully saturated rings. The average molecular weight is 198 g/mol. The van der Waals surface area contributed by atoms with Gasteiger partial charge in [0, 0.05) is 6.61 Å². The first-order valence-corrected chi connectivity index (χ1v) is 6.38. The van der Waals surface area contributed by atoms with Gasteiger partial charge < -0.3 is 4.74 Å². The molecule has 3 aliphatic rings. The molecule has 1 atom stereocenters. The van der Waals surface area contributed by atoms with Gasteiger partial charge >= 0.3 is 0 Å². The van der Waals surface area contributed by atoms with Gasteiger partial charge in [-0.15, -0.1) is 0 Å². The Labute approximate surface area is 89.2 Å². The molecule has 1 heteroatoms. The molecule has 2 saturated heterocycles. The third kappa shape index (κ3) is 2.13. The van der Waals surface area contributed by atoms with Crippen molar-refractivity contribution in [1.82, 2.24) is 0 Å². The van der Waals surface area contributed by atoms with Gasteiger partial charge in [0.25, 0.3) is 0 Å². The predicted octanol–water partition coefficient (Wildman–Crippen LogP) is 4.02. The van der Waals surface area contributed by atoms with Crippen molar-refractivity contribution in [3.05, 3.63) is 0 Å². The highest BCUT2D eigenvalue weighted by atomic mass is 16.5. The van der Waals surface area contributed by atoms with Crippen molar-refractivity contribution in [1.29, 1.82) is 0 Å². The molecule has 0 aromatic carbocycles. The number of hydrogen-bond acceptors (Lipinski definition) is 1. The Hall–Kier alpha value is -0.0400. The Morgan fingerprint density at radius 2 is 2.00 bits per heavy atom. The summed E-state index contributed by atoms with van der Waals surface area (Å²) in [5, 5.41) is 0. The van der Waals surface area contributed by atoms with E-state index in [9.17, 15) is 0 Å². The van der Waals surface area contributed by atoms with Gasteiger partial charge in [0.05, 0.1) is 6.10 Å². The number of hydrogen-bond donors (Lipinski definition) is 0. The maximum atomic E-state index is 5.60. The fraction of sp³-hybridized carbons (Fsp3) is 1.00. The van der Waals surface area contributed by atoms with E-state index in [1.165, 1.54) is 32.1 Å². The lowest BCUT2D eigenvalue weighted by Gasteiger charge is -2.55. The SMILES string of the molecule is CC.CCCC(C)C12CCOC(C1)C2. The smallest absolute Gasteiger partial charge is 0.0586 e. The average Bonchev–Trinajstić information content (AvgIpc) is 2.21. The van der Waals surface area contributed by atoms with Crippen LogP contribution in [0.1, 0.15) is 59.8 Å². The minimum atomic E-state index is 0.637. The Morgan fingerprint density at radius 3 is 2.43 bits per heavy atom. The van der Waals surface area contributed by atoms with Crippen molar-refractivity contribution in [2.75, 3.05) is 6.61 Å². The molecule has 0 aromatic rings. The summed E-state index contributed by atoms with van der Waals surface area (Å²) in [6.45, 7) is 9.76. The monoisotopic (exact) mass is 198 g/mol. The van der Waals surface area contributed by atoms with Crippen molar-refractivity contribution >= 4 is 0 Å². The Morgan fingerprint density at radius 1 is 1.36 bits per heavy atom. The lowest BCUT2D eigenvalue weighted by molar-refractivity contribution is -0.170. The van der Waals surface area contributed by atoms with Gasteiger partial charge in [-0.1, -0.05) is 40.5 Å². The molecule has 2 aliphatic heterocycles. The van der Waals surface area contributed by atoms with Crippen LogP contribution in [0, 0.1) is 11.3 Å². The van der Waals surface area contributed by atoms with E-state index >= 15 is 0 Å². The molecule has 1 aliphatic carbocycles. The molecule has 3 rings (SSSR count). The number of fused-ring (bicyclic) bond motifs is 2. The zero-order valence-corrected chi connectivity index (χ0v) is 10.3. The van der Waals surface area contributed by atoms with E-state index in [1.54, 1.807) is 0 Å². The summed E-state index contributed by atoms with van der Waals surface area (Å²) < 4.78 is 5.60. The fourth-order valence-electron chi connectivity index (χ4n) is 2.99. The van der Waals surface area contributed by atoms with E-state index < -0.39 is 0 Å². The van der Waals surface area contributed by atoms with Crippen molar-refractivity contribution in [2.45, 2.75) is 65.9 Å². The fourth-order valence-corrected chi connectivity index (χ4v) is 2.99. The molecule has 0 N–H and O–H groups in total. The number of ether oxygens (including phenoxy) is 1. The molecule has 1 unspecified atom stereocenters. The molecule has 0 spiro atoms. The molecule has 1 nitrogen and oxygen atoms in total. The van der Waals surface area contributed by atoms with Crippen molar-refractivity contribution in [3.8, 4) is 0 Å². The van der Waals surface area contributed by atoms with Crippen LogP contribution < -0.4 is 0 Å². The first-order valence-electron chi connectivity index (χ1n) is 6.38. The number of rotatable bonds is 3. The van der Waals surface area contributed by atoms with Gasteiger partial charge in [-0.05, 0) is 30.6 Å². The minimum Gasteiger partial charge on any atom is -0.378 e. The van der Waals surface area contributed by atoms with Crippen LogP contribution in [0.15, 0.2) is 0 Å². The van der Waals surface area contributed by atoms with Gasteiger partial charge in [-0.25, -0.2) is 0 Å². The van der Waals surface area contributed by atoms with Gasteiger partial charge in [0.15, 0.2) is 0 Å². The zero-order chi connectivity index (χ0) is 10.6. The lowest BCUT2D eigenvalue weighted by atomic mass is 9.56. The Balaban J connectivity index is 0.000000461. The van der Waals surface area contributed by atoms with E-state index in [1.807, 2.05) is 13.8 Å². The highest BCUT2D eigenvalue weighted by Crippen LogP contribution is 2.55. The molecule has 14 heavy (non-hydrogen) atoms. The van der Waals surface area contributed by atoms with Crippen molar-refractivity contribution in [2.24, 2.45) is 11.3 Å². The predicted molar refractivity (Wildman–Crippen MR) is 61.4 cm³/mol. The van der Waals surface area contributed by atoms with E-state index in [0.717, 1.165) is 12.5 Å². The highest BCUT2D eigenvalue weighted by molar-refractivity contribution is 5.00. The maximum absolute atomic E-state index is 5.60. The standard InChI is InChI=1S/C11H20O.C2H6/c1-3-4-9(2)11-5-6-12-10(7-11)8-11;1-2/h9-10H,3-8H2,1-2H3;1-2H3. The second-order valence-electron chi connectivity index (χ2n) is 4.70. The quantitative estimate of drug-likeness (QED) is 0.665. The summed E-state index contributed by atoms with van der Waals surface area (Å²) in [5.74, 6) is 0.933. The third-order valence-electron chi connectivity index (χ3n) is 3.99. The van der Waals surface area contributed by atoms with Crippen molar-refractivity contribution in [3.63, 3.8) is 0 Å². The maximum Gasteiger partial charge on any atom is 0.0586 e. The first kappa shape index (κ1) is 12.0. The second-order valence-corrected chi connectivity index (χ2v) is 4.70. The van der Waals surface area contributed by atoms with Gasteiger partial charge in [0.1, 0.15) is 0 Å². The van der Waals surface area contributed by atoms with Crippen molar-refractivity contribution < 1.29 is 4.74 Å². The molecule has 84 valence electrons. The summed E-state index contributed by atoms with van der Waals surface area (Å²) in [6, 6.07) is 0. The summed E-state index contributed by atoms with van der Waals surface area (Å²) in [5.41, 5.74) is 0.707. The van der Waals surface area contributed by atoms with E-state index in [0.29, 0.717) is 11.5 Å². The molecular weight excluding hydrogens is 172 g/mol. The molecule has 0 aromatic heterocycles. The third-order valence-corrected chi connectivity index (χ3v) is 3.99. The van der Waals surface area contributed by atoms with E-state index in [4.69, 9.17) is 4.74 Å². The van der Waals surface area contributed by atoms with Crippen LogP contribution in [0.25, 0.3) is 0 Å². The molecular formula is C13H26O. The van der Waals surface area contributed by atoms with Gasteiger partial charge in [-0.3, -0.25) is 0 Å². The van der Waals surface area contributed by atoms with Crippen LogP contribution in [0.4, 0.5) is 0 Å². The van der Waals surface area contributed by atoms with Crippen LogP contribution in [-0.4, -0.2) is 12.7 Å². The van der Waals surface area contributed by atoms with E-state index in [2.05, 4.69) is 13.8 Å². The first-order chi connectivity index (χ1) is 6.77. The normalized spacial score (nSPS) is 36.4. The largest absolute Gasteiger partial charge is 0.378 e. The van der Waals surface area contributed by atoms with Crippen LogP contribution in [0.3, 0.4) is 0 Å². The highest BCUT2D eigenvalue weighted by Gasteiger charge is 2.50. The summed E-state index contributed by atoms with van der Waals surface area (Å²) in [6.07, 6.45) is 7.42. The van der Waals surface area contributed by atoms with Crippen LogP contribution in [0.5, 0.6) is 0 Å². The Kier molecular flexibility index (Phi) is 4.43. The molecule has 0 radical (unpaired) electrons. The summed E-state index contributed by atoms with van der Waals surface area (Å²) in [4.78, 5) is 0. The van der Waals surface area contributed by atoms with Crippen LogP contribution in [-0.2, 0) is 4.74 Å².